The van der Waals surface area contributed by atoms with Crippen LogP contribution < -0.4 is 0 Å². The fraction of sp³-hybridized carbons (Fsp3) is 0. The lowest BCUT2D eigenvalue weighted by molar-refractivity contribution is 0.667. The Hall–Kier alpha value is -7.10. The molecule has 0 saturated heterocycles. The Morgan fingerprint density at radius 1 is 0.340 bits per heavy atom. The molecule has 0 bridgehead atoms. The van der Waals surface area contributed by atoms with Crippen molar-refractivity contribution in [2.45, 2.75) is 0 Å². The van der Waals surface area contributed by atoms with Crippen LogP contribution in [0.3, 0.4) is 0 Å². The highest BCUT2D eigenvalue weighted by Crippen LogP contribution is 2.52. The third-order valence-corrected chi connectivity index (χ3v) is 11.7. The quantitative estimate of drug-likeness (QED) is 0.187. The molecule has 0 amide bonds. The molecule has 0 saturated carbocycles. The van der Waals surface area contributed by atoms with Crippen LogP contribution in [0.4, 0.5) is 0 Å². The Kier molecular flexibility index (Phi) is 5.11. The van der Waals surface area contributed by atoms with Crippen molar-refractivity contribution in [1.82, 2.24) is 4.57 Å². The molecule has 9 aromatic carbocycles. The number of furan rings is 2. The summed E-state index contributed by atoms with van der Waals surface area (Å²) < 4.78 is 16.0. The molecule has 0 fully saturated rings. The molecule has 3 heteroatoms. The summed E-state index contributed by atoms with van der Waals surface area (Å²) in [5.74, 6) is 0. The number of aromatic nitrogens is 1. The lowest BCUT2D eigenvalue weighted by Crippen LogP contribution is -1.95. The van der Waals surface area contributed by atoms with E-state index in [2.05, 4.69) is 168 Å². The van der Waals surface area contributed by atoms with Crippen molar-refractivity contribution < 1.29 is 8.83 Å². The fourth-order valence-electron chi connectivity index (χ4n) is 9.45. The van der Waals surface area contributed by atoms with E-state index in [0.29, 0.717) is 0 Å². The summed E-state index contributed by atoms with van der Waals surface area (Å²) in [6.45, 7) is 0. The van der Waals surface area contributed by atoms with Gasteiger partial charge in [-0.15, -0.1) is 0 Å². The van der Waals surface area contributed by atoms with Gasteiger partial charge in [-0.05, 0) is 98.1 Å². The van der Waals surface area contributed by atoms with Crippen molar-refractivity contribution >= 4 is 87.2 Å². The summed E-state index contributed by atoms with van der Waals surface area (Å²) in [7, 11) is 0. The largest absolute Gasteiger partial charge is 0.456 e. The highest BCUT2D eigenvalue weighted by molar-refractivity contribution is 6.38. The minimum Gasteiger partial charge on any atom is -0.456 e. The van der Waals surface area contributed by atoms with Gasteiger partial charge < -0.3 is 13.4 Å². The highest BCUT2D eigenvalue weighted by atomic mass is 16.3. The summed E-state index contributed by atoms with van der Waals surface area (Å²) >= 11 is 0. The normalized spacial score (nSPS) is 12.5. The molecule has 0 aliphatic heterocycles. The first-order chi connectivity index (χ1) is 26.3. The second-order valence-electron chi connectivity index (χ2n) is 14.4. The first-order valence-corrected chi connectivity index (χ1v) is 18.2. The molecule has 0 radical (unpaired) electrons. The number of benzene rings is 9. The van der Waals surface area contributed by atoms with Gasteiger partial charge in [-0.3, -0.25) is 0 Å². The average Bonchev–Trinajstić information content (AvgIpc) is 3.88. The van der Waals surface area contributed by atoms with Gasteiger partial charge in [-0.1, -0.05) is 115 Å². The maximum atomic E-state index is 7.03. The van der Waals surface area contributed by atoms with E-state index in [1.165, 1.54) is 76.5 Å². The van der Waals surface area contributed by atoms with Crippen LogP contribution in [0.15, 0.2) is 173 Å². The van der Waals surface area contributed by atoms with Crippen LogP contribution in [-0.4, -0.2) is 4.57 Å². The van der Waals surface area contributed by atoms with E-state index in [4.69, 9.17) is 8.83 Å². The van der Waals surface area contributed by atoms with Crippen molar-refractivity contribution in [2.75, 3.05) is 0 Å². The summed E-state index contributed by atoms with van der Waals surface area (Å²) in [6, 6.07) is 59.3. The lowest BCUT2D eigenvalue weighted by atomic mass is 9.97. The smallest absolute Gasteiger partial charge is 0.160 e. The maximum absolute atomic E-state index is 7.03. The van der Waals surface area contributed by atoms with E-state index in [1.54, 1.807) is 0 Å². The number of hydrogen-bond donors (Lipinski definition) is 0. The Bertz CT molecular complexity index is 3560. The van der Waals surface area contributed by atoms with Gasteiger partial charge in [0.15, 0.2) is 5.58 Å². The van der Waals surface area contributed by atoms with Crippen LogP contribution in [0.5, 0.6) is 0 Å². The molecule has 12 aromatic rings. The van der Waals surface area contributed by atoms with Crippen LogP contribution in [0.1, 0.15) is 0 Å². The molecule has 0 N–H and O–H groups in total. The van der Waals surface area contributed by atoms with Gasteiger partial charge in [-0.2, -0.15) is 0 Å². The van der Waals surface area contributed by atoms with E-state index in [-0.39, 0.29) is 0 Å². The summed E-state index contributed by atoms with van der Waals surface area (Å²) in [5.41, 5.74) is 14.1. The molecule has 0 spiro atoms. The minimum atomic E-state index is 0.890. The van der Waals surface area contributed by atoms with Gasteiger partial charge in [0.2, 0.25) is 0 Å². The van der Waals surface area contributed by atoms with Gasteiger partial charge in [0.1, 0.15) is 16.7 Å². The topological polar surface area (TPSA) is 31.2 Å². The highest BCUT2D eigenvalue weighted by Gasteiger charge is 2.28. The standard InChI is InChI=1S/C50H27NO2/c1-2-9-28(10-3-1)30-12-6-13-31(25-30)32-20-22-38-37(26-32)45-34-14-5-4-11-29(34)19-23-39(45)51(38)40-27-33-21-24-43-48-44(33)49-47-36(16-8-18-42(47)53-50(40)49)35-15-7-17-41(52-43)46(35)48/h1-27H. The monoisotopic (exact) mass is 673 g/mol. The zero-order valence-electron chi connectivity index (χ0n) is 28.4. The zero-order valence-corrected chi connectivity index (χ0v) is 28.4. The molecule has 0 unspecified atom stereocenters. The van der Waals surface area contributed by atoms with Gasteiger partial charge in [0.05, 0.1) is 16.7 Å². The fourth-order valence-corrected chi connectivity index (χ4v) is 9.45. The predicted molar refractivity (Wildman–Crippen MR) is 220 cm³/mol. The third kappa shape index (κ3) is 3.53. The van der Waals surface area contributed by atoms with E-state index in [1.807, 2.05) is 0 Å². The number of fused-ring (bicyclic) bond motifs is 6. The summed E-state index contributed by atoms with van der Waals surface area (Å²) in [5, 5.41) is 11.9. The Morgan fingerprint density at radius 3 is 1.87 bits per heavy atom. The van der Waals surface area contributed by atoms with Crippen molar-refractivity contribution in [1.29, 1.82) is 0 Å². The van der Waals surface area contributed by atoms with Gasteiger partial charge in [-0.25, -0.2) is 0 Å². The molecule has 1 aliphatic carbocycles. The van der Waals surface area contributed by atoms with E-state index in [0.717, 1.165) is 49.8 Å². The molecule has 1 aliphatic rings. The van der Waals surface area contributed by atoms with Crippen molar-refractivity contribution in [2.24, 2.45) is 0 Å². The Labute approximate surface area is 302 Å². The molecule has 244 valence electrons. The second-order valence-corrected chi connectivity index (χ2v) is 14.4. The number of hydrogen-bond acceptors (Lipinski definition) is 2. The number of nitrogens with zero attached hydrogens (tertiary/aromatic N) is 1. The van der Waals surface area contributed by atoms with Crippen LogP contribution >= 0.6 is 0 Å². The average molecular weight is 674 g/mol. The van der Waals surface area contributed by atoms with Crippen LogP contribution in [0.2, 0.25) is 0 Å². The van der Waals surface area contributed by atoms with Gasteiger partial charge >= 0.3 is 0 Å². The first kappa shape index (κ1) is 27.6. The molecule has 3 heterocycles. The first-order valence-electron chi connectivity index (χ1n) is 18.2. The SMILES string of the molecule is c1ccc(-c2cccc(-c3ccc4c(c3)c3c5ccccc5ccc3n4-c3cc4ccc5oc6cccc7c6c5c4c4c3oc3cccc-7c34)c2)cc1. The summed E-state index contributed by atoms with van der Waals surface area (Å²) in [4.78, 5) is 0. The van der Waals surface area contributed by atoms with E-state index >= 15 is 0 Å². The van der Waals surface area contributed by atoms with Crippen molar-refractivity contribution in [3.8, 4) is 39.1 Å². The van der Waals surface area contributed by atoms with E-state index in [9.17, 15) is 0 Å². The molecular formula is C50H27NO2. The Balaban J connectivity index is 1.17. The second kappa shape index (κ2) is 9.81. The van der Waals surface area contributed by atoms with Crippen LogP contribution in [0.25, 0.3) is 126 Å². The predicted octanol–water partition coefficient (Wildman–Crippen LogP) is 14.2. The van der Waals surface area contributed by atoms with Crippen molar-refractivity contribution in [3.63, 3.8) is 0 Å². The number of rotatable bonds is 3. The van der Waals surface area contributed by atoms with E-state index < -0.39 is 0 Å². The lowest BCUT2D eigenvalue weighted by Gasteiger charge is -2.12. The molecule has 0 atom stereocenters. The van der Waals surface area contributed by atoms with Crippen LogP contribution in [-0.2, 0) is 0 Å². The molecular weight excluding hydrogens is 647 g/mol. The minimum absolute atomic E-state index is 0.890. The Morgan fingerprint density at radius 2 is 1.00 bits per heavy atom. The van der Waals surface area contributed by atoms with Gasteiger partial charge in [0, 0.05) is 37.7 Å². The molecule has 53 heavy (non-hydrogen) atoms. The van der Waals surface area contributed by atoms with Gasteiger partial charge in [0.25, 0.3) is 0 Å². The summed E-state index contributed by atoms with van der Waals surface area (Å²) in [6.07, 6.45) is 0. The molecule has 3 nitrogen and oxygen atoms in total. The maximum Gasteiger partial charge on any atom is 0.160 e. The zero-order chi connectivity index (χ0) is 34.4. The third-order valence-electron chi connectivity index (χ3n) is 11.7. The van der Waals surface area contributed by atoms with Crippen LogP contribution in [0, 0.1) is 0 Å². The molecule has 13 rings (SSSR count). The van der Waals surface area contributed by atoms with Crippen molar-refractivity contribution in [3.05, 3.63) is 164 Å². The molecule has 3 aromatic heterocycles.